The summed E-state index contributed by atoms with van der Waals surface area (Å²) in [4.78, 5) is 25.6. The molecule has 0 aliphatic rings. The van der Waals surface area contributed by atoms with Gasteiger partial charge in [-0.1, -0.05) is 35.9 Å². The molecule has 146 valence electrons. The maximum absolute atomic E-state index is 13.0. The number of halogens is 1. The van der Waals surface area contributed by atoms with Crippen molar-refractivity contribution in [3.8, 4) is 11.5 Å². The zero-order valence-corrected chi connectivity index (χ0v) is 16.7. The molecule has 0 aliphatic carbocycles. The van der Waals surface area contributed by atoms with Crippen LogP contribution in [-0.4, -0.2) is 15.6 Å². The van der Waals surface area contributed by atoms with Gasteiger partial charge >= 0.3 is 0 Å². The lowest BCUT2D eigenvalue weighted by atomic mass is 10.1. The number of benzene rings is 2. The minimum absolute atomic E-state index is 0.145. The van der Waals surface area contributed by atoms with Gasteiger partial charge in [-0.05, 0) is 44.2 Å². The maximum atomic E-state index is 13.0. The van der Waals surface area contributed by atoms with Gasteiger partial charge < -0.3 is 9.73 Å². The molecular formula is C22H18ClN3O3. The molecule has 0 amide bonds. The van der Waals surface area contributed by atoms with Crippen LogP contribution in [0, 0.1) is 0 Å². The smallest absolute Gasteiger partial charge is 0.291 e. The molecule has 0 atom stereocenters. The molecule has 29 heavy (non-hydrogen) atoms. The first-order chi connectivity index (χ1) is 14.0. The standard InChI is InChI=1S/C22H18ClN3O3/c1-3-26-22(28)21(24-16-9-6-8-15(23)12-16)19(13(2)27)20(25-26)18-11-14-7-4-5-10-17(14)29-18/h4-12,24H,3H2,1-2H3. The Morgan fingerprint density at radius 3 is 2.66 bits per heavy atom. The first-order valence-electron chi connectivity index (χ1n) is 9.15. The van der Waals surface area contributed by atoms with Gasteiger partial charge in [0.05, 0.1) is 5.56 Å². The van der Waals surface area contributed by atoms with E-state index in [1.54, 1.807) is 24.3 Å². The van der Waals surface area contributed by atoms with E-state index in [2.05, 4.69) is 10.4 Å². The lowest BCUT2D eigenvalue weighted by molar-refractivity contribution is 0.101. The molecule has 2 heterocycles. The number of Topliss-reactive ketones (excluding diaryl/α,β-unsaturated/α-hetero) is 1. The molecule has 0 fully saturated rings. The van der Waals surface area contributed by atoms with E-state index in [4.69, 9.17) is 16.0 Å². The highest BCUT2D eigenvalue weighted by atomic mass is 35.5. The molecule has 4 rings (SSSR count). The number of carbonyl (C=O) groups is 1. The summed E-state index contributed by atoms with van der Waals surface area (Å²) in [7, 11) is 0. The van der Waals surface area contributed by atoms with Crippen LogP contribution in [0.3, 0.4) is 0 Å². The van der Waals surface area contributed by atoms with Gasteiger partial charge in [-0.2, -0.15) is 5.10 Å². The molecule has 0 radical (unpaired) electrons. The monoisotopic (exact) mass is 407 g/mol. The van der Waals surface area contributed by atoms with Crippen molar-refractivity contribution in [2.45, 2.75) is 20.4 Å². The number of fused-ring (bicyclic) bond motifs is 1. The quantitative estimate of drug-likeness (QED) is 0.455. The number of nitrogens with one attached hydrogen (secondary N) is 1. The number of anilines is 2. The number of carbonyl (C=O) groups excluding carboxylic acids is 1. The normalized spacial score (nSPS) is 11.0. The molecule has 0 saturated heterocycles. The van der Waals surface area contributed by atoms with Crippen molar-refractivity contribution in [3.63, 3.8) is 0 Å². The first-order valence-corrected chi connectivity index (χ1v) is 9.53. The molecule has 0 aliphatic heterocycles. The predicted molar refractivity (Wildman–Crippen MR) is 114 cm³/mol. The Morgan fingerprint density at radius 1 is 1.17 bits per heavy atom. The summed E-state index contributed by atoms with van der Waals surface area (Å²) >= 11 is 6.07. The third kappa shape index (κ3) is 3.54. The van der Waals surface area contributed by atoms with Gasteiger partial charge in [-0.3, -0.25) is 9.59 Å². The van der Waals surface area contributed by atoms with E-state index in [0.717, 1.165) is 5.39 Å². The number of furan rings is 1. The van der Waals surface area contributed by atoms with Crippen LogP contribution < -0.4 is 10.9 Å². The van der Waals surface area contributed by atoms with E-state index < -0.39 is 5.56 Å². The Morgan fingerprint density at radius 2 is 1.97 bits per heavy atom. The summed E-state index contributed by atoms with van der Waals surface area (Å²) in [6.07, 6.45) is 0. The van der Waals surface area contributed by atoms with Crippen molar-refractivity contribution in [2.75, 3.05) is 5.32 Å². The fourth-order valence-electron chi connectivity index (χ4n) is 3.23. The van der Waals surface area contributed by atoms with Gasteiger partial charge in [-0.15, -0.1) is 0 Å². The highest BCUT2D eigenvalue weighted by Crippen LogP contribution is 2.32. The van der Waals surface area contributed by atoms with Crippen LogP contribution in [0.25, 0.3) is 22.4 Å². The lowest BCUT2D eigenvalue weighted by Crippen LogP contribution is -2.28. The fraction of sp³-hybridized carbons (Fsp3) is 0.136. The number of hydrogen-bond acceptors (Lipinski definition) is 5. The largest absolute Gasteiger partial charge is 0.454 e. The number of nitrogens with zero attached hydrogens (tertiary/aromatic N) is 2. The zero-order chi connectivity index (χ0) is 20.5. The van der Waals surface area contributed by atoms with E-state index in [0.29, 0.717) is 34.3 Å². The third-order valence-corrected chi connectivity index (χ3v) is 4.80. The molecule has 0 spiro atoms. The average Bonchev–Trinajstić information content (AvgIpc) is 3.13. The molecular weight excluding hydrogens is 390 g/mol. The van der Waals surface area contributed by atoms with Gasteiger partial charge in [0, 0.05) is 22.6 Å². The second kappa shape index (κ2) is 7.56. The minimum atomic E-state index is -0.391. The van der Waals surface area contributed by atoms with E-state index in [-0.39, 0.29) is 17.0 Å². The summed E-state index contributed by atoms with van der Waals surface area (Å²) in [5.41, 5.74) is 1.53. The van der Waals surface area contributed by atoms with Crippen molar-refractivity contribution in [2.24, 2.45) is 0 Å². The van der Waals surface area contributed by atoms with Gasteiger partial charge in [0.1, 0.15) is 17.0 Å². The van der Waals surface area contributed by atoms with Crippen molar-refractivity contribution in [1.29, 1.82) is 0 Å². The van der Waals surface area contributed by atoms with Crippen LogP contribution >= 0.6 is 11.6 Å². The van der Waals surface area contributed by atoms with Crippen LogP contribution in [0.1, 0.15) is 24.2 Å². The maximum Gasteiger partial charge on any atom is 0.291 e. The average molecular weight is 408 g/mol. The Balaban J connectivity index is 1.98. The Kier molecular flexibility index (Phi) is 4.94. The summed E-state index contributed by atoms with van der Waals surface area (Å²) in [5.74, 6) is 0.130. The summed E-state index contributed by atoms with van der Waals surface area (Å²) in [6.45, 7) is 3.56. The number of para-hydroxylation sites is 1. The zero-order valence-electron chi connectivity index (χ0n) is 15.9. The van der Waals surface area contributed by atoms with Crippen LogP contribution in [0.5, 0.6) is 0 Å². The summed E-state index contributed by atoms with van der Waals surface area (Å²) < 4.78 is 7.24. The van der Waals surface area contributed by atoms with Crippen molar-refractivity contribution in [1.82, 2.24) is 9.78 Å². The van der Waals surface area contributed by atoms with E-state index >= 15 is 0 Å². The number of hydrogen-bond donors (Lipinski definition) is 1. The van der Waals surface area contributed by atoms with Gasteiger partial charge in [0.2, 0.25) is 0 Å². The van der Waals surface area contributed by atoms with Crippen molar-refractivity contribution >= 4 is 39.7 Å². The molecule has 0 saturated carbocycles. The molecule has 2 aromatic carbocycles. The van der Waals surface area contributed by atoms with E-state index in [1.165, 1.54) is 11.6 Å². The minimum Gasteiger partial charge on any atom is -0.454 e. The summed E-state index contributed by atoms with van der Waals surface area (Å²) in [5, 5.41) is 8.88. The van der Waals surface area contributed by atoms with E-state index in [1.807, 2.05) is 37.3 Å². The first kappa shape index (κ1) is 19.0. The lowest BCUT2D eigenvalue weighted by Gasteiger charge is -2.15. The Labute approximate surface area is 171 Å². The van der Waals surface area contributed by atoms with Gasteiger partial charge in [0.25, 0.3) is 5.56 Å². The second-order valence-electron chi connectivity index (χ2n) is 6.56. The number of aromatic nitrogens is 2. The highest BCUT2D eigenvalue weighted by Gasteiger charge is 2.24. The van der Waals surface area contributed by atoms with Crippen LogP contribution in [-0.2, 0) is 6.54 Å². The highest BCUT2D eigenvalue weighted by molar-refractivity contribution is 6.30. The third-order valence-electron chi connectivity index (χ3n) is 4.56. The molecule has 2 aromatic heterocycles. The van der Waals surface area contributed by atoms with Crippen LogP contribution in [0.2, 0.25) is 5.02 Å². The van der Waals surface area contributed by atoms with Crippen LogP contribution in [0.15, 0.2) is 63.8 Å². The summed E-state index contributed by atoms with van der Waals surface area (Å²) in [6, 6.07) is 16.3. The predicted octanol–water partition coefficient (Wildman–Crippen LogP) is 5.28. The molecule has 0 unspecified atom stereocenters. The topological polar surface area (TPSA) is 77.1 Å². The number of aryl methyl sites for hydroxylation is 1. The SMILES string of the molecule is CCn1nc(-c2cc3ccccc3o2)c(C(C)=O)c(Nc2cccc(Cl)c2)c1=O. The second-order valence-corrected chi connectivity index (χ2v) is 7.00. The molecule has 6 nitrogen and oxygen atoms in total. The van der Waals surface area contributed by atoms with Crippen molar-refractivity contribution in [3.05, 3.63) is 75.5 Å². The molecule has 0 bridgehead atoms. The number of rotatable bonds is 5. The Bertz CT molecular complexity index is 1260. The van der Waals surface area contributed by atoms with Crippen molar-refractivity contribution < 1.29 is 9.21 Å². The molecule has 1 N–H and O–H groups in total. The van der Waals surface area contributed by atoms with Gasteiger partial charge in [0.15, 0.2) is 11.5 Å². The van der Waals surface area contributed by atoms with Crippen LogP contribution in [0.4, 0.5) is 11.4 Å². The van der Waals surface area contributed by atoms with Gasteiger partial charge in [-0.25, -0.2) is 4.68 Å². The Hall–Kier alpha value is -3.38. The fourth-order valence-corrected chi connectivity index (χ4v) is 3.42. The number of ketones is 1. The van der Waals surface area contributed by atoms with E-state index in [9.17, 15) is 9.59 Å². The molecule has 4 aromatic rings. The molecule has 7 heteroatoms.